The van der Waals surface area contributed by atoms with Crippen LogP contribution >= 0.6 is 11.8 Å². The van der Waals surface area contributed by atoms with Gasteiger partial charge in [0.2, 0.25) is 5.70 Å². The van der Waals surface area contributed by atoms with Crippen molar-refractivity contribution in [1.82, 2.24) is 0 Å². The Morgan fingerprint density at radius 3 is 2.33 bits per heavy atom. The highest BCUT2D eigenvalue weighted by Gasteiger charge is 2.17. The van der Waals surface area contributed by atoms with Crippen molar-refractivity contribution < 1.29 is 14.6 Å². The number of aliphatic hydroxyl groups is 1. The zero-order chi connectivity index (χ0) is 17.2. The molecule has 2 rings (SSSR count). The zero-order valence-corrected chi connectivity index (χ0v) is 14.1. The summed E-state index contributed by atoms with van der Waals surface area (Å²) in [5, 5.41) is 18.1. The fraction of sp³-hybridized carbons (Fsp3) is 0.167. The third-order valence-electron chi connectivity index (χ3n) is 2.88. The number of hydrogen-bond acceptors (Lipinski definition) is 6. The van der Waals surface area contributed by atoms with Crippen molar-refractivity contribution >= 4 is 23.4 Å². The van der Waals surface area contributed by atoms with Gasteiger partial charge in [0.05, 0.1) is 18.0 Å². The van der Waals surface area contributed by atoms with E-state index in [1.165, 1.54) is 11.8 Å². The maximum atomic E-state index is 12.0. The van der Waals surface area contributed by atoms with E-state index in [2.05, 4.69) is 10.2 Å². The van der Waals surface area contributed by atoms with E-state index in [-0.39, 0.29) is 23.8 Å². The smallest absolute Gasteiger partial charge is 0.362 e. The maximum absolute atomic E-state index is 12.0. The van der Waals surface area contributed by atoms with E-state index < -0.39 is 5.97 Å². The number of rotatable bonds is 7. The zero-order valence-electron chi connectivity index (χ0n) is 13.3. The van der Waals surface area contributed by atoms with Crippen LogP contribution in [0.5, 0.6) is 0 Å². The van der Waals surface area contributed by atoms with Gasteiger partial charge in [-0.25, -0.2) is 4.79 Å². The predicted octanol–water partition coefficient (Wildman–Crippen LogP) is 4.90. The van der Waals surface area contributed by atoms with E-state index in [4.69, 9.17) is 4.74 Å². The summed E-state index contributed by atoms with van der Waals surface area (Å²) in [7, 11) is 0. The van der Waals surface area contributed by atoms with Crippen LogP contribution in [0.25, 0.3) is 0 Å². The van der Waals surface area contributed by atoms with Crippen LogP contribution in [0.15, 0.2) is 87.2 Å². The van der Waals surface area contributed by atoms with Gasteiger partial charge in [-0.1, -0.05) is 36.4 Å². The summed E-state index contributed by atoms with van der Waals surface area (Å²) < 4.78 is 4.95. The fourth-order valence-corrected chi connectivity index (χ4v) is 2.54. The molecule has 0 aliphatic carbocycles. The monoisotopic (exact) mass is 342 g/mol. The second kappa shape index (κ2) is 9.52. The summed E-state index contributed by atoms with van der Waals surface area (Å²) in [6, 6.07) is 18.6. The van der Waals surface area contributed by atoms with Crippen LogP contribution in [0, 0.1) is 0 Å². The third kappa shape index (κ3) is 5.55. The molecule has 0 saturated heterocycles. The number of nitrogens with zero attached hydrogens (tertiary/aromatic N) is 2. The minimum Gasteiger partial charge on any atom is -0.509 e. The second-order valence-corrected chi connectivity index (χ2v) is 5.70. The SMILES string of the molecule is CCOC(=O)/C(N=Nc1ccccc1)=C(/O)CSc1ccccc1. The number of ether oxygens (including phenoxy) is 1. The number of thioether (sulfide) groups is 1. The predicted molar refractivity (Wildman–Crippen MR) is 94.4 cm³/mol. The molecule has 2 aromatic rings. The van der Waals surface area contributed by atoms with Gasteiger partial charge in [0.1, 0.15) is 5.76 Å². The van der Waals surface area contributed by atoms with Crippen LogP contribution in [0.4, 0.5) is 5.69 Å². The molecule has 0 fully saturated rings. The van der Waals surface area contributed by atoms with Crippen molar-refractivity contribution in [2.75, 3.05) is 12.4 Å². The Balaban J connectivity index is 2.17. The third-order valence-corrected chi connectivity index (χ3v) is 3.91. The molecule has 124 valence electrons. The van der Waals surface area contributed by atoms with Gasteiger partial charge in [-0.2, -0.15) is 5.11 Å². The normalized spacial score (nSPS) is 12.0. The van der Waals surface area contributed by atoms with E-state index in [1.807, 2.05) is 48.5 Å². The molecule has 2 aromatic carbocycles. The molecule has 0 heterocycles. The molecule has 0 atom stereocenters. The van der Waals surface area contributed by atoms with Gasteiger partial charge in [-0.15, -0.1) is 16.9 Å². The van der Waals surface area contributed by atoms with Gasteiger partial charge >= 0.3 is 5.97 Å². The standard InChI is InChI=1S/C18H18N2O3S/c1-2-23-18(22)17(20-19-14-9-5-3-6-10-14)16(21)13-24-15-11-7-4-8-12-15/h3-12,21H,2,13H2,1H3/b17-16-,20-19?. The first-order chi connectivity index (χ1) is 11.7. The van der Waals surface area contributed by atoms with Crippen LogP contribution in [0.3, 0.4) is 0 Å². The molecule has 0 saturated carbocycles. The number of azo groups is 1. The number of aliphatic hydroxyl groups excluding tert-OH is 1. The highest BCUT2D eigenvalue weighted by Crippen LogP contribution is 2.22. The maximum Gasteiger partial charge on any atom is 0.362 e. The van der Waals surface area contributed by atoms with Gasteiger partial charge in [-0.3, -0.25) is 0 Å². The molecule has 0 amide bonds. The van der Waals surface area contributed by atoms with E-state index in [9.17, 15) is 9.90 Å². The van der Waals surface area contributed by atoms with E-state index in [0.29, 0.717) is 5.69 Å². The summed E-state index contributed by atoms with van der Waals surface area (Å²) in [4.78, 5) is 13.0. The van der Waals surface area contributed by atoms with Crippen LogP contribution in [-0.2, 0) is 9.53 Å². The molecule has 5 nitrogen and oxygen atoms in total. The van der Waals surface area contributed by atoms with Crippen molar-refractivity contribution in [2.24, 2.45) is 10.2 Å². The summed E-state index contributed by atoms with van der Waals surface area (Å²) in [5.41, 5.74) is 0.409. The fourth-order valence-electron chi connectivity index (χ4n) is 1.75. The minimum absolute atomic E-state index is 0.165. The van der Waals surface area contributed by atoms with Crippen molar-refractivity contribution in [1.29, 1.82) is 0 Å². The molecule has 24 heavy (non-hydrogen) atoms. The molecule has 0 spiro atoms. The summed E-state index contributed by atoms with van der Waals surface area (Å²) in [5.74, 6) is -0.656. The van der Waals surface area contributed by atoms with Crippen LogP contribution in [-0.4, -0.2) is 23.4 Å². The van der Waals surface area contributed by atoms with E-state index in [0.717, 1.165) is 4.90 Å². The van der Waals surface area contributed by atoms with Crippen molar-refractivity contribution in [3.05, 3.63) is 72.1 Å². The molecular weight excluding hydrogens is 324 g/mol. The van der Waals surface area contributed by atoms with Crippen LogP contribution < -0.4 is 0 Å². The lowest BCUT2D eigenvalue weighted by Crippen LogP contribution is -2.09. The van der Waals surface area contributed by atoms with Crippen LogP contribution in [0.1, 0.15) is 6.92 Å². The molecule has 0 aliphatic rings. The topological polar surface area (TPSA) is 71.2 Å². The highest BCUT2D eigenvalue weighted by molar-refractivity contribution is 7.99. The number of benzene rings is 2. The molecular formula is C18H18N2O3S. The molecule has 0 aliphatic heterocycles. The van der Waals surface area contributed by atoms with E-state index >= 15 is 0 Å². The Hall–Kier alpha value is -2.60. The number of carbonyl (C=O) groups excluding carboxylic acids is 1. The van der Waals surface area contributed by atoms with Crippen molar-refractivity contribution in [3.63, 3.8) is 0 Å². The first-order valence-electron chi connectivity index (χ1n) is 7.44. The summed E-state index contributed by atoms with van der Waals surface area (Å²) in [6.07, 6.45) is 0. The van der Waals surface area contributed by atoms with E-state index in [1.54, 1.807) is 19.1 Å². The largest absolute Gasteiger partial charge is 0.509 e. The summed E-state index contributed by atoms with van der Waals surface area (Å²) >= 11 is 1.40. The van der Waals surface area contributed by atoms with Crippen molar-refractivity contribution in [3.8, 4) is 0 Å². The number of carbonyl (C=O) groups is 1. The Morgan fingerprint density at radius 2 is 1.71 bits per heavy atom. The van der Waals surface area contributed by atoms with Gasteiger partial charge in [0.25, 0.3) is 0 Å². The van der Waals surface area contributed by atoms with Crippen molar-refractivity contribution in [2.45, 2.75) is 11.8 Å². The first-order valence-corrected chi connectivity index (χ1v) is 8.43. The Bertz CT molecular complexity index is 716. The number of hydrogen-bond donors (Lipinski definition) is 1. The lowest BCUT2D eigenvalue weighted by atomic mass is 10.3. The van der Waals surface area contributed by atoms with Crippen LogP contribution in [0.2, 0.25) is 0 Å². The Morgan fingerprint density at radius 1 is 1.08 bits per heavy atom. The van der Waals surface area contributed by atoms with Gasteiger partial charge in [0, 0.05) is 4.90 Å². The molecule has 6 heteroatoms. The molecule has 1 N–H and O–H groups in total. The molecule has 0 unspecified atom stereocenters. The van der Waals surface area contributed by atoms with Gasteiger partial charge in [-0.05, 0) is 31.2 Å². The lowest BCUT2D eigenvalue weighted by Gasteiger charge is -2.06. The quantitative estimate of drug-likeness (QED) is 0.255. The lowest BCUT2D eigenvalue weighted by molar-refractivity contribution is -0.138. The highest BCUT2D eigenvalue weighted by atomic mass is 32.2. The Kier molecular flexibility index (Phi) is 7.04. The summed E-state index contributed by atoms with van der Waals surface area (Å²) in [6.45, 7) is 1.89. The molecule has 0 radical (unpaired) electrons. The molecule has 0 bridgehead atoms. The second-order valence-electron chi connectivity index (χ2n) is 4.65. The van der Waals surface area contributed by atoms with Gasteiger partial charge in [0.15, 0.2) is 0 Å². The minimum atomic E-state index is -0.691. The van der Waals surface area contributed by atoms with Gasteiger partial charge < -0.3 is 9.84 Å². The average molecular weight is 342 g/mol. The number of esters is 1. The first kappa shape index (κ1) is 17.7. The average Bonchev–Trinajstić information content (AvgIpc) is 2.62. The Labute approximate surface area is 145 Å². The molecule has 0 aromatic heterocycles.